The van der Waals surface area contributed by atoms with Crippen molar-refractivity contribution in [1.82, 2.24) is 20.1 Å². The van der Waals surface area contributed by atoms with Gasteiger partial charge in [-0.2, -0.15) is 10.4 Å². The lowest BCUT2D eigenvalue weighted by Crippen LogP contribution is -2.40. The molecule has 2 aliphatic heterocycles. The molecule has 1 aromatic carbocycles. The Kier molecular flexibility index (Phi) is 4.57. The number of carbonyl (C=O) groups is 1. The average Bonchev–Trinajstić information content (AvgIpc) is 3.45. The maximum Gasteiger partial charge on any atom is 0.254 e. The summed E-state index contributed by atoms with van der Waals surface area (Å²) in [6.45, 7) is 1.18. The van der Waals surface area contributed by atoms with Crippen LogP contribution in [0.1, 0.15) is 28.0 Å². The quantitative estimate of drug-likeness (QED) is 0.552. The Morgan fingerprint density at radius 1 is 1.31 bits per heavy atom. The van der Waals surface area contributed by atoms with E-state index in [1.807, 2.05) is 32.7 Å². The summed E-state index contributed by atoms with van der Waals surface area (Å²) in [6, 6.07) is 9.72. The van der Waals surface area contributed by atoms with E-state index in [-0.39, 0.29) is 22.7 Å². The lowest BCUT2D eigenvalue weighted by Gasteiger charge is -2.19. The van der Waals surface area contributed by atoms with Gasteiger partial charge in [0.1, 0.15) is 21.5 Å². The van der Waals surface area contributed by atoms with Crippen molar-refractivity contribution in [3.8, 4) is 23.0 Å². The molecule has 2 aromatic heterocycles. The van der Waals surface area contributed by atoms with Gasteiger partial charge >= 0.3 is 0 Å². The molecule has 1 amide bonds. The van der Waals surface area contributed by atoms with Crippen LogP contribution in [0.5, 0.6) is 0 Å². The van der Waals surface area contributed by atoms with Crippen molar-refractivity contribution in [2.45, 2.75) is 17.9 Å². The standard InChI is InChI=1S/C21H19B2FN6O2/c22-21(23)19-18(20(32)27-21)15(30-7-5-16(28-30)29-6-4-12(31)10-29)8-14(26-19)17-11(9-25)2-1-3-13(17)24/h1-3,5,7-8,12,31H,4,6,10,22-23H2,(H,27,32)/t12-/m1/s1. The molecule has 11 heteroatoms. The molecule has 0 radical (unpaired) electrons. The number of pyridine rings is 1. The Morgan fingerprint density at radius 2 is 2.12 bits per heavy atom. The zero-order valence-corrected chi connectivity index (χ0v) is 17.6. The highest BCUT2D eigenvalue weighted by Crippen LogP contribution is 2.35. The third kappa shape index (κ3) is 3.15. The van der Waals surface area contributed by atoms with E-state index in [1.165, 1.54) is 18.2 Å². The number of halogens is 1. The van der Waals surface area contributed by atoms with Gasteiger partial charge in [-0.05, 0) is 24.6 Å². The summed E-state index contributed by atoms with van der Waals surface area (Å²) in [5.74, 6) is -0.179. The van der Waals surface area contributed by atoms with E-state index < -0.39 is 17.3 Å². The molecule has 0 spiro atoms. The van der Waals surface area contributed by atoms with Crippen LogP contribution < -0.4 is 10.2 Å². The summed E-state index contributed by atoms with van der Waals surface area (Å²) in [7, 11) is 3.65. The molecule has 32 heavy (non-hydrogen) atoms. The number of aliphatic hydroxyl groups excluding tert-OH is 1. The van der Waals surface area contributed by atoms with Gasteiger partial charge < -0.3 is 15.3 Å². The number of anilines is 1. The zero-order valence-electron chi connectivity index (χ0n) is 17.6. The molecule has 0 bridgehead atoms. The Morgan fingerprint density at radius 3 is 2.84 bits per heavy atom. The van der Waals surface area contributed by atoms with E-state index in [1.54, 1.807) is 16.9 Å². The molecule has 5 rings (SSSR count). The molecule has 1 atom stereocenters. The first kappa shape index (κ1) is 20.3. The molecule has 1 saturated heterocycles. The van der Waals surface area contributed by atoms with Crippen molar-refractivity contribution in [3.05, 3.63) is 59.2 Å². The van der Waals surface area contributed by atoms with Gasteiger partial charge in [0.2, 0.25) is 0 Å². The number of hydrogen-bond acceptors (Lipinski definition) is 6. The topological polar surface area (TPSA) is 107 Å². The molecule has 8 nitrogen and oxygen atoms in total. The Hall–Kier alpha value is -3.64. The number of β-amino-alcohol motifs (C(OH)–C–C–N with tert-alkyl or cyclic N) is 1. The first-order valence-corrected chi connectivity index (χ1v) is 10.3. The minimum atomic E-state index is -0.774. The van der Waals surface area contributed by atoms with Crippen molar-refractivity contribution in [3.63, 3.8) is 0 Å². The molecule has 0 saturated carbocycles. The average molecular weight is 428 g/mol. The molecule has 3 aromatic rings. The number of amides is 1. The van der Waals surface area contributed by atoms with Crippen LogP contribution in [0.3, 0.4) is 0 Å². The maximum atomic E-state index is 14.8. The molecule has 0 aliphatic carbocycles. The molecule has 1 fully saturated rings. The minimum absolute atomic E-state index is 0.0873. The van der Waals surface area contributed by atoms with Crippen LogP contribution in [0.25, 0.3) is 16.9 Å². The Bertz CT molecular complexity index is 1300. The summed E-state index contributed by atoms with van der Waals surface area (Å²) >= 11 is 0. The number of nitrogens with one attached hydrogen (secondary N) is 1. The van der Waals surface area contributed by atoms with E-state index in [0.717, 1.165) is 0 Å². The van der Waals surface area contributed by atoms with Gasteiger partial charge in [0.25, 0.3) is 5.91 Å². The van der Waals surface area contributed by atoms with Crippen LogP contribution in [-0.2, 0) is 5.34 Å². The van der Waals surface area contributed by atoms with E-state index in [0.29, 0.717) is 42.3 Å². The fourth-order valence-corrected chi connectivity index (χ4v) is 4.37. The lowest BCUT2D eigenvalue weighted by molar-refractivity contribution is 0.0960. The fourth-order valence-electron chi connectivity index (χ4n) is 4.37. The van der Waals surface area contributed by atoms with Gasteiger partial charge in [0.15, 0.2) is 5.82 Å². The first-order chi connectivity index (χ1) is 15.3. The number of aliphatic hydroxyl groups is 1. The number of benzene rings is 1. The summed E-state index contributed by atoms with van der Waals surface area (Å²) in [5, 5.41) is 26.1. The van der Waals surface area contributed by atoms with Gasteiger partial charge in [0, 0.05) is 30.7 Å². The van der Waals surface area contributed by atoms with Gasteiger partial charge in [-0.15, -0.1) is 0 Å². The van der Waals surface area contributed by atoms with Gasteiger partial charge in [0.05, 0.1) is 45.9 Å². The largest absolute Gasteiger partial charge is 0.391 e. The first-order valence-electron chi connectivity index (χ1n) is 10.3. The van der Waals surface area contributed by atoms with Crippen LogP contribution in [0, 0.1) is 17.1 Å². The second-order valence-electron chi connectivity index (χ2n) is 8.61. The van der Waals surface area contributed by atoms with Crippen LogP contribution in [0.15, 0.2) is 36.5 Å². The van der Waals surface area contributed by atoms with Crippen molar-refractivity contribution in [2.24, 2.45) is 0 Å². The fraction of sp³-hybridized carbons (Fsp3) is 0.238. The van der Waals surface area contributed by atoms with Gasteiger partial charge in [-0.3, -0.25) is 9.78 Å². The number of nitrogens with zero attached hydrogens (tertiary/aromatic N) is 5. The van der Waals surface area contributed by atoms with E-state index >= 15 is 0 Å². The van der Waals surface area contributed by atoms with Crippen LogP contribution in [0.4, 0.5) is 10.2 Å². The predicted octanol–water partition coefficient (Wildman–Crippen LogP) is -0.364. The smallest absolute Gasteiger partial charge is 0.254 e. The summed E-state index contributed by atoms with van der Waals surface area (Å²) in [5.41, 5.74) is 1.79. The van der Waals surface area contributed by atoms with Crippen LogP contribution in [0.2, 0.25) is 0 Å². The van der Waals surface area contributed by atoms with Crippen LogP contribution in [-0.4, -0.2) is 60.7 Å². The van der Waals surface area contributed by atoms with Crippen molar-refractivity contribution >= 4 is 27.4 Å². The third-order valence-corrected chi connectivity index (χ3v) is 5.94. The molecule has 158 valence electrons. The minimum Gasteiger partial charge on any atom is -0.391 e. The van der Waals surface area contributed by atoms with Gasteiger partial charge in [-0.1, -0.05) is 6.07 Å². The molecular formula is C21H19B2FN6O2. The van der Waals surface area contributed by atoms with Crippen molar-refractivity contribution in [1.29, 1.82) is 5.26 Å². The molecule has 2 N–H and O–H groups in total. The SMILES string of the molecule is BC1(B)NC(=O)c2c(-n3ccc(N4CC[C@@H](O)C4)n3)cc(-c3c(F)cccc3C#N)nc21. The van der Waals surface area contributed by atoms with E-state index in [2.05, 4.69) is 15.4 Å². The molecule has 0 unspecified atom stereocenters. The second-order valence-corrected chi connectivity index (χ2v) is 8.61. The van der Waals surface area contributed by atoms with E-state index in [9.17, 15) is 19.6 Å². The summed E-state index contributed by atoms with van der Waals surface area (Å²) < 4.78 is 16.4. The number of carbonyl (C=O) groups excluding carboxylic acids is 1. The highest BCUT2D eigenvalue weighted by Gasteiger charge is 2.39. The number of rotatable bonds is 3. The number of aromatic nitrogens is 3. The number of fused-ring (bicyclic) bond motifs is 1. The Labute approximate surface area is 185 Å². The van der Waals surface area contributed by atoms with Crippen molar-refractivity contribution < 1.29 is 14.3 Å². The van der Waals surface area contributed by atoms with Crippen molar-refractivity contribution in [2.75, 3.05) is 18.0 Å². The highest BCUT2D eigenvalue weighted by molar-refractivity contribution is 6.42. The number of nitriles is 1. The lowest BCUT2D eigenvalue weighted by atomic mass is 9.60. The molecule has 4 heterocycles. The van der Waals surface area contributed by atoms with Gasteiger partial charge in [-0.25, -0.2) is 9.07 Å². The van der Waals surface area contributed by atoms with Crippen LogP contribution >= 0.6 is 0 Å². The molecular weight excluding hydrogens is 409 g/mol. The monoisotopic (exact) mass is 428 g/mol. The maximum absolute atomic E-state index is 14.8. The summed E-state index contributed by atoms with van der Waals surface area (Å²) in [6.07, 6.45) is 2.00. The number of hydrogen-bond donors (Lipinski definition) is 2. The third-order valence-electron chi connectivity index (χ3n) is 5.94. The van der Waals surface area contributed by atoms with E-state index in [4.69, 9.17) is 0 Å². The predicted molar refractivity (Wildman–Crippen MR) is 121 cm³/mol. The highest BCUT2D eigenvalue weighted by atomic mass is 19.1. The second kappa shape index (κ2) is 7.21. The Balaban J connectivity index is 1.71. The molecule has 2 aliphatic rings. The summed E-state index contributed by atoms with van der Waals surface area (Å²) in [4.78, 5) is 19.4. The zero-order chi connectivity index (χ0) is 22.6. The normalized spacial score (nSPS) is 19.0.